The van der Waals surface area contributed by atoms with Crippen LogP contribution in [-0.4, -0.2) is 68.6 Å². The maximum atomic E-state index is 12.3. The molecule has 0 fully saturated rings. The van der Waals surface area contributed by atoms with Gasteiger partial charge in [0.15, 0.2) is 0 Å². The molecule has 1 aromatic heterocycles. The third kappa shape index (κ3) is 36.6. The normalized spacial score (nSPS) is 11.3. The molecule has 0 aromatic carbocycles. The van der Waals surface area contributed by atoms with Crippen LogP contribution in [0.4, 0.5) is 11.5 Å². The molecule has 0 amide bonds. The lowest BCUT2D eigenvalue weighted by molar-refractivity contribution is -0.144. The Labute approximate surface area is 353 Å². The molecule has 8 nitrogen and oxygen atoms in total. The Morgan fingerprint density at radius 3 is 1.77 bits per heavy atom. The second-order valence-corrected chi connectivity index (χ2v) is 16.6. The summed E-state index contributed by atoms with van der Waals surface area (Å²) in [7, 11) is 1.80. The summed E-state index contributed by atoms with van der Waals surface area (Å²) in [4.78, 5) is 29.7. The SMILES string of the molecule is CCCCC(CCCC)CCOC.CCCCCC(CCCCC)CCOC(=O)CCCCCCCN(CCCCCCCC=O)CCCNc1ncccc1N. The summed E-state index contributed by atoms with van der Waals surface area (Å²) in [5.41, 5.74) is 6.70. The Morgan fingerprint density at radius 1 is 0.684 bits per heavy atom. The highest BCUT2D eigenvalue weighted by Crippen LogP contribution is 2.22. The van der Waals surface area contributed by atoms with E-state index in [1.165, 1.54) is 135 Å². The van der Waals surface area contributed by atoms with Crippen LogP contribution in [-0.2, 0) is 19.1 Å². The fourth-order valence-corrected chi connectivity index (χ4v) is 7.55. The van der Waals surface area contributed by atoms with E-state index in [4.69, 9.17) is 15.2 Å². The molecular weight excluding hydrogens is 709 g/mol. The molecule has 1 rings (SSSR count). The van der Waals surface area contributed by atoms with Gasteiger partial charge in [-0.1, -0.05) is 156 Å². The van der Waals surface area contributed by atoms with Crippen molar-refractivity contribution in [2.24, 2.45) is 11.8 Å². The van der Waals surface area contributed by atoms with Gasteiger partial charge in [-0.2, -0.15) is 0 Å². The summed E-state index contributed by atoms with van der Waals surface area (Å²) in [6.45, 7) is 14.8. The number of aromatic nitrogens is 1. The van der Waals surface area contributed by atoms with Crippen LogP contribution in [0, 0.1) is 11.8 Å². The number of nitrogen functional groups attached to an aromatic ring is 1. The number of aldehydes is 1. The maximum absolute atomic E-state index is 12.3. The van der Waals surface area contributed by atoms with Crippen molar-refractivity contribution in [3.8, 4) is 0 Å². The van der Waals surface area contributed by atoms with Crippen molar-refractivity contribution in [1.29, 1.82) is 0 Å². The minimum Gasteiger partial charge on any atom is -0.466 e. The van der Waals surface area contributed by atoms with E-state index in [0.29, 0.717) is 31.1 Å². The zero-order valence-electron chi connectivity index (χ0n) is 38.3. The molecule has 1 heterocycles. The lowest BCUT2D eigenvalue weighted by atomic mass is 9.92. The summed E-state index contributed by atoms with van der Waals surface area (Å²) in [5, 5.41) is 3.37. The van der Waals surface area contributed by atoms with Crippen LogP contribution in [0.5, 0.6) is 0 Å². The van der Waals surface area contributed by atoms with Gasteiger partial charge in [-0.25, -0.2) is 4.98 Å². The van der Waals surface area contributed by atoms with E-state index in [1.807, 2.05) is 12.1 Å². The van der Waals surface area contributed by atoms with Gasteiger partial charge in [0.05, 0.1) is 12.3 Å². The number of nitrogens with zero attached hydrogens (tertiary/aromatic N) is 2. The summed E-state index contributed by atoms with van der Waals surface area (Å²) in [5.74, 6) is 2.39. The number of nitrogens with two attached hydrogens (primary N) is 1. The van der Waals surface area contributed by atoms with Crippen molar-refractivity contribution in [2.75, 3.05) is 57.6 Å². The smallest absolute Gasteiger partial charge is 0.305 e. The average Bonchev–Trinajstić information content (AvgIpc) is 3.21. The monoisotopic (exact) mass is 803 g/mol. The fourth-order valence-electron chi connectivity index (χ4n) is 7.55. The predicted octanol–water partition coefficient (Wildman–Crippen LogP) is 13.4. The van der Waals surface area contributed by atoms with E-state index in [1.54, 1.807) is 13.3 Å². The number of methoxy groups -OCH3 is 1. The van der Waals surface area contributed by atoms with Gasteiger partial charge >= 0.3 is 5.97 Å². The number of nitrogens with one attached hydrogen (secondary N) is 1. The molecule has 1 aromatic rings. The average molecular weight is 803 g/mol. The van der Waals surface area contributed by atoms with Crippen LogP contribution < -0.4 is 11.1 Å². The summed E-state index contributed by atoms with van der Waals surface area (Å²) in [6, 6.07) is 3.73. The highest BCUT2D eigenvalue weighted by atomic mass is 16.5. The predicted molar refractivity (Wildman–Crippen MR) is 246 cm³/mol. The summed E-state index contributed by atoms with van der Waals surface area (Å²) >= 11 is 0. The fraction of sp³-hybridized carbons (Fsp3) is 0.857. The number of carbonyl (C=O) groups excluding carboxylic acids is 2. The standard InChI is InChI=1S/C37H68N4O3.C12H26O/c1-3-5-14-22-34(23-15-6-4-2)26-33-44-36(43)25-16-10-9-12-18-30-41(29-17-11-7-8-13-19-32-42)31-21-28-40-37-35(38)24-20-27-39-37;1-4-6-8-12(9-7-5-2)10-11-13-3/h20,24,27,32,34H,3-19,21-23,25-26,28-31,33,38H2,1-2H3,(H,39,40);12H,4-11H2,1-3H3. The minimum atomic E-state index is -0.00994. The van der Waals surface area contributed by atoms with E-state index >= 15 is 0 Å². The Kier molecular flexibility index (Phi) is 41.7. The zero-order valence-corrected chi connectivity index (χ0v) is 38.3. The largest absolute Gasteiger partial charge is 0.466 e. The molecule has 0 atom stereocenters. The zero-order chi connectivity index (χ0) is 41.9. The number of carbonyl (C=O) groups is 2. The highest BCUT2D eigenvalue weighted by molar-refractivity contribution is 5.69. The molecule has 0 saturated heterocycles. The first kappa shape index (κ1) is 54.8. The maximum Gasteiger partial charge on any atom is 0.305 e. The molecule has 0 saturated carbocycles. The molecule has 0 radical (unpaired) electrons. The second kappa shape index (κ2) is 43.4. The number of esters is 1. The van der Waals surface area contributed by atoms with Gasteiger partial charge in [-0.3, -0.25) is 4.79 Å². The lowest BCUT2D eigenvalue weighted by Crippen LogP contribution is -2.28. The number of rotatable bonds is 41. The first-order valence-electron chi connectivity index (χ1n) is 24.2. The van der Waals surface area contributed by atoms with E-state index in [-0.39, 0.29) is 5.97 Å². The Morgan fingerprint density at radius 2 is 1.21 bits per heavy atom. The van der Waals surface area contributed by atoms with Crippen LogP contribution in [0.1, 0.15) is 214 Å². The van der Waals surface area contributed by atoms with Crippen LogP contribution in [0.15, 0.2) is 18.3 Å². The number of anilines is 2. The van der Waals surface area contributed by atoms with E-state index in [0.717, 1.165) is 89.3 Å². The van der Waals surface area contributed by atoms with Crippen molar-refractivity contribution in [3.63, 3.8) is 0 Å². The Hall–Kier alpha value is -2.19. The number of pyridine rings is 1. The molecule has 0 unspecified atom stereocenters. The van der Waals surface area contributed by atoms with Crippen LogP contribution in [0.25, 0.3) is 0 Å². The number of hydrogen-bond acceptors (Lipinski definition) is 8. The summed E-state index contributed by atoms with van der Waals surface area (Å²) < 4.78 is 10.8. The van der Waals surface area contributed by atoms with Crippen molar-refractivity contribution in [2.45, 2.75) is 214 Å². The number of hydrogen-bond donors (Lipinski definition) is 2. The van der Waals surface area contributed by atoms with Crippen molar-refractivity contribution in [3.05, 3.63) is 18.3 Å². The molecule has 3 N–H and O–H groups in total. The molecule has 0 aliphatic heterocycles. The third-order valence-electron chi connectivity index (χ3n) is 11.3. The topological polar surface area (TPSA) is 107 Å². The number of ether oxygens (including phenoxy) is 2. The molecule has 0 aliphatic rings. The second-order valence-electron chi connectivity index (χ2n) is 16.6. The Bertz CT molecular complexity index is 967. The van der Waals surface area contributed by atoms with Crippen LogP contribution >= 0.6 is 0 Å². The minimum absolute atomic E-state index is 0.00994. The van der Waals surface area contributed by atoms with Crippen LogP contribution in [0.3, 0.4) is 0 Å². The van der Waals surface area contributed by atoms with E-state index in [2.05, 4.69) is 42.9 Å². The van der Waals surface area contributed by atoms with Crippen molar-refractivity contribution in [1.82, 2.24) is 9.88 Å². The molecule has 334 valence electrons. The molecule has 57 heavy (non-hydrogen) atoms. The lowest BCUT2D eigenvalue weighted by Gasteiger charge is -2.22. The molecule has 0 bridgehead atoms. The molecular formula is C49H94N4O4. The van der Waals surface area contributed by atoms with E-state index in [9.17, 15) is 9.59 Å². The van der Waals surface area contributed by atoms with Gasteiger partial charge < -0.3 is 30.2 Å². The Balaban J connectivity index is 0.00000205. The van der Waals surface area contributed by atoms with Crippen molar-refractivity contribution >= 4 is 23.8 Å². The summed E-state index contributed by atoms with van der Waals surface area (Å²) in [6.07, 6.45) is 37.4. The third-order valence-corrected chi connectivity index (χ3v) is 11.3. The van der Waals surface area contributed by atoms with Gasteiger partial charge in [0.2, 0.25) is 0 Å². The van der Waals surface area contributed by atoms with E-state index < -0.39 is 0 Å². The number of unbranched alkanes of at least 4 members (excludes halogenated alkanes) is 15. The first-order valence-corrected chi connectivity index (χ1v) is 24.2. The van der Waals surface area contributed by atoms with Gasteiger partial charge in [-0.15, -0.1) is 0 Å². The van der Waals surface area contributed by atoms with Gasteiger partial charge in [0, 0.05) is 39.3 Å². The van der Waals surface area contributed by atoms with Gasteiger partial charge in [0.25, 0.3) is 0 Å². The van der Waals surface area contributed by atoms with Crippen molar-refractivity contribution < 1.29 is 19.1 Å². The van der Waals surface area contributed by atoms with Gasteiger partial charge in [0.1, 0.15) is 12.1 Å². The first-order chi connectivity index (χ1) is 27.9. The van der Waals surface area contributed by atoms with Gasteiger partial charge in [-0.05, 0) is 88.5 Å². The molecule has 8 heteroatoms. The quantitative estimate of drug-likeness (QED) is 0.0383. The molecule has 0 spiro atoms. The highest BCUT2D eigenvalue weighted by Gasteiger charge is 2.11. The molecule has 0 aliphatic carbocycles. The van der Waals surface area contributed by atoms with Crippen LogP contribution in [0.2, 0.25) is 0 Å².